The van der Waals surface area contributed by atoms with Gasteiger partial charge in [0.1, 0.15) is 0 Å². The lowest BCUT2D eigenvalue weighted by atomic mass is 9.82. The Labute approximate surface area is 394 Å². The summed E-state index contributed by atoms with van der Waals surface area (Å²) in [5, 5.41) is 4.83. The number of aromatic nitrogens is 5. The summed E-state index contributed by atoms with van der Waals surface area (Å²) in [4.78, 5) is 16.4. The molecule has 322 valence electrons. The van der Waals surface area contributed by atoms with Crippen LogP contribution in [0.1, 0.15) is 49.9 Å². The first-order chi connectivity index (χ1) is 33.2. The molecule has 0 atom stereocenters. The summed E-state index contributed by atoms with van der Waals surface area (Å²) in [6.45, 7) is 9.30. The van der Waals surface area contributed by atoms with Gasteiger partial charge in [0, 0.05) is 60.4 Å². The average Bonchev–Trinajstić information content (AvgIpc) is 4.05. The van der Waals surface area contributed by atoms with Crippen molar-refractivity contribution in [2.24, 2.45) is 0 Å². The number of fused-ring (bicyclic) bond motifs is 12. The molecular weight excluding hydrogens is 827 g/mol. The highest BCUT2D eigenvalue weighted by atomic mass is 15.0. The summed E-state index contributed by atoms with van der Waals surface area (Å²) < 4.78 is 4.80. The highest BCUT2D eigenvalue weighted by Gasteiger charge is 2.37. The van der Waals surface area contributed by atoms with Gasteiger partial charge in [-0.1, -0.05) is 173 Å². The minimum absolute atomic E-state index is 0.185. The van der Waals surface area contributed by atoms with Crippen LogP contribution >= 0.6 is 0 Å². The Morgan fingerprint density at radius 1 is 0.294 bits per heavy atom. The van der Waals surface area contributed by atoms with Crippen molar-refractivity contribution in [3.05, 3.63) is 222 Å². The zero-order valence-electron chi connectivity index (χ0n) is 38.3. The highest BCUT2D eigenvalue weighted by molar-refractivity contribution is 6.10. The standard InChI is InChI=1S/C63H45N5/c1-62(2)51-23-11-5-17-43(51)45-31-29-38(35-53(45)62)59-64-60(39-30-32-46-44-18-6-12-24-52(44)63(3,4)54(46)36-39)66-61(65-59)40-33-41(67-55-25-13-7-19-47(55)48-20-8-14-26-56(48)67)37-42(34-40)68-57-27-15-9-21-49(57)50-22-10-16-28-58(50)68/h5-37H,1-4H3. The molecule has 2 aliphatic carbocycles. The molecule has 0 unspecified atom stereocenters. The van der Waals surface area contributed by atoms with E-state index in [1.807, 2.05) is 0 Å². The Kier molecular flexibility index (Phi) is 8.02. The predicted molar refractivity (Wildman–Crippen MR) is 280 cm³/mol. The van der Waals surface area contributed by atoms with Crippen LogP contribution in [0.2, 0.25) is 0 Å². The fourth-order valence-corrected chi connectivity index (χ4v) is 11.8. The topological polar surface area (TPSA) is 48.5 Å². The van der Waals surface area contributed by atoms with E-state index in [0.29, 0.717) is 17.5 Å². The van der Waals surface area contributed by atoms with Gasteiger partial charge in [0.25, 0.3) is 0 Å². The summed E-state index contributed by atoms with van der Waals surface area (Å²) >= 11 is 0. The van der Waals surface area contributed by atoms with Crippen molar-refractivity contribution < 1.29 is 0 Å². The van der Waals surface area contributed by atoms with Crippen LogP contribution in [0.4, 0.5) is 0 Å². The molecule has 5 heteroatoms. The summed E-state index contributed by atoms with van der Waals surface area (Å²) in [5.74, 6) is 1.90. The van der Waals surface area contributed by atoms with Gasteiger partial charge in [-0.3, -0.25) is 0 Å². The largest absolute Gasteiger partial charge is 0.309 e. The molecule has 0 aliphatic heterocycles. The van der Waals surface area contributed by atoms with Crippen molar-refractivity contribution in [2.45, 2.75) is 38.5 Å². The van der Waals surface area contributed by atoms with Crippen LogP contribution in [0.3, 0.4) is 0 Å². The van der Waals surface area contributed by atoms with Gasteiger partial charge in [-0.2, -0.15) is 0 Å². The molecule has 0 saturated heterocycles. The van der Waals surface area contributed by atoms with Gasteiger partial charge in [0.05, 0.1) is 22.1 Å². The summed E-state index contributed by atoms with van der Waals surface area (Å²) in [6.07, 6.45) is 0. The Bertz CT molecular complexity index is 3740. The van der Waals surface area contributed by atoms with Gasteiger partial charge >= 0.3 is 0 Å². The van der Waals surface area contributed by atoms with Gasteiger partial charge in [0.15, 0.2) is 17.5 Å². The molecule has 9 aromatic carbocycles. The van der Waals surface area contributed by atoms with Crippen LogP contribution in [0.25, 0.3) is 111 Å². The zero-order chi connectivity index (χ0) is 45.5. The van der Waals surface area contributed by atoms with Crippen molar-refractivity contribution in [3.8, 4) is 67.8 Å². The minimum Gasteiger partial charge on any atom is -0.309 e. The zero-order valence-corrected chi connectivity index (χ0v) is 38.3. The van der Waals surface area contributed by atoms with E-state index in [2.05, 4.69) is 237 Å². The molecule has 3 aromatic heterocycles. The number of nitrogens with zero attached hydrogens (tertiary/aromatic N) is 5. The van der Waals surface area contributed by atoms with Crippen LogP contribution in [0.5, 0.6) is 0 Å². The fraction of sp³-hybridized carbons (Fsp3) is 0.0952. The van der Waals surface area contributed by atoms with E-state index >= 15 is 0 Å². The minimum atomic E-state index is -0.185. The number of rotatable bonds is 5. The van der Waals surface area contributed by atoms with E-state index < -0.39 is 0 Å². The maximum Gasteiger partial charge on any atom is 0.164 e. The number of benzene rings is 9. The molecule has 5 nitrogen and oxygen atoms in total. The van der Waals surface area contributed by atoms with E-state index in [1.54, 1.807) is 0 Å². The van der Waals surface area contributed by atoms with E-state index in [9.17, 15) is 0 Å². The molecule has 0 spiro atoms. The third-order valence-corrected chi connectivity index (χ3v) is 15.2. The van der Waals surface area contributed by atoms with Crippen molar-refractivity contribution in [1.82, 2.24) is 24.1 Å². The van der Waals surface area contributed by atoms with Crippen LogP contribution in [-0.2, 0) is 10.8 Å². The normalized spacial score (nSPS) is 14.1. The van der Waals surface area contributed by atoms with E-state index in [4.69, 9.17) is 15.0 Å². The molecule has 0 N–H and O–H groups in total. The molecule has 12 aromatic rings. The van der Waals surface area contributed by atoms with Crippen LogP contribution in [-0.4, -0.2) is 24.1 Å². The van der Waals surface area contributed by atoms with E-state index in [-0.39, 0.29) is 10.8 Å². The summed E-state index contributed by atoms with van der Waals surface area (Å²) in [5.41, 5.74) is 19.4. The quantitative estimate of drug-likeness (QED) is 0.173. The Morgan fingerprint density at radius 2 is 0.618 bits per heavy atom. The lowest BCUT2D eigenvalue weighted by molar-refractivity contribution is 0.660. The van der Waals surface area contributed by atoms with Crippen LogP contribution in [0.15, 0.2) is 200 Å². The first kappa shape index (κ1) is 38.8. The first-order valence-electron chi connectivity index (χ1n) is 23.6. The molecule has 0 amide bonds. The Morgan fingerprint density at radius 3 is 1.01 bits per heavy atom. The van der Waals surface area contributed by atoms with Crippen molar-refractivity contribution in [1.29, 1.82) is 0 Å². The molecule has 0 saturated carbocycles. The predicted octanol–water partition coefficient (Wildman–Crippen LogP) is 15.7. The van der Waals surface area contributed by atoms with Crippen molar-refractivity contribution in [3.63, 3.8) is 0 Å². The number of hydrogen-bond donors (Lipinski definition) is 0. The first-order valence-corrected chi connectivity index (χ1v) is 23.6. The second-order valence-electron chi connectivity index (χ2n) is 19.6. The highest BCUT2D eigenvalue weighted by Crippen LogP contribution is 2.51. The average molecular weight is 872 g/mol. The molecule has 68 heavy (non-hydrogen) atoms. The van der Waals surface area contributed by atoms with Crippen molar-refractivity contribution in [2.75, 3.05) is 0 Å². The smallest absolute Gasteiger partial charge is 0.164 e. The van der Waals surface area contributed by atoms with Gasteiger partial charge in [-0.25, -0.2) is 15.0 Å². The Balaban J connectivity index is 1.05. The molecular formula is C63H45N5. The molecule has 14 rings (SSSR count). The second kappa shape index (κ2) is 14.1. The maximum absolute atomic E-state index is 5.51. The van der Waals surface area contributed by atoms with Gasteiger partial charge in [-0.15, -0.1) is 0 Å². The van der Waals surface area contributed by atoms with Gasteiger partial charge < -0.3 is 9.13 Å². The second-order valence-corrected chi connectivity index (χ2v) is 19.6. The number of para-hydroxylation sites is 4. The summed E-state index contributed by atoms with van der Waals surface area (Å²) in [6, 6.07) is 72.9. The molecule has 0 radical (unpaired) electrons. The maximum atomic E-state index is 5.51. The lowest BCUT2D eigenvalue weighted by Crippen LogP contribution is -2.15. The summed E-state index contributed by atoms with van der Waals surface area (Å²) in [7, 11) is 0. The fourth-order valence-electron chi connectivity index (χ4n) is 11.8. The van der Waals surface area contributed by atoms with Crippen LogP contribution < -0.4 is 0 Å². The molecule has 0 bridgehead atoms. The third-order valence-electron chi connectivity index (χ3n) is 15.2. The molecule has 2 aliphatic rings. The number of hydrogen-bond acceptors (Lipinski definition) is 3. The van der Waals surface area contributed by atoms with Crippen molar-refractivity contribution >= 4 is 43.6 Å². The van der Waals surface area contributed by atoms with Gasteiger partial charge in [-0.05, 0) is 99.1 Å². The molecule has 0 fully saturated rings. The Hall–Kier alpha value is -8.41. The molecule has 3 heterocycles. The van der Waals surface area contributed by atoms with E-state index in [0.717, 1.165) is 50.1 Å². The van der Waals surface area contributed by atoms with Gasteiger partial charge in [0.2, 0.25) is 0 Å². The van der Waals surface area contributed by atoms with Crippen LogP contribution in [0, 0.1) is 0 Å². The van der Waals surface area contributed by atoms with E-state index in [1.165, 1.54) is 66.1 Å². The lowest BCUT2D eigenvalue weighted by Gasteiger charge is -2.22. The third kappa shape index (κ3) is 5.47. The SMILES string of the molecule is CC1(C)c2ccccc2-c2ccc(-c3nc(-c4cc(-n5c6ccccc6c6ccccc65)cc(-n5c6ccccc6c6ccccc65)c4)nc(-c4ccc5c(c4)C(C)(C)c4ccccc4-5)n3)cc21. The monoisotopic (exact) mass is 871 g/mol.